The normalized spacial score (nSPS) is 11.5. The zero-order valence-electron chi connectivity index (χ0n) is 22.9. The van der Waals surface area contributed by atoms with Crippen molar-refractivity contribution in [3.63, 3.8) is 0 Å². The van der Waals surface area contributed by atoms with Crippen LogP contribution in [0.3, 0.4) is 0 Å². The lowest BCUT2D eigenvalue weighted by Gasteiger charge is -2.14. The van der Waals surface area contributed by atoms with Crippen LogP contribution in [0.25, 0.3) is 6.08 Å². The summed E-state index contributed by atoms with van der Waals surface area (Å²) in [7, 11) is -3.83. The Bertz CT molecular complexity index is 1160. The summed E-state index contributed by atoms with van der Waals surface area (Å²) in [6.07, 6.45) is 6.33. The highest BCUT2D eigenvalue weighted by Crippen LogP contribution is 2.30. The molecule has 0 saturated heterocycles. The average Bonchev–Trinajstić information content (AvgIpc) is 2.91. The molecule has 0 amide bonds. The minimum atomic E-state index is -3.83. The lowest BCUT2D eigenvalue weighted by Crippen LogP contribution is -2.14. The molecule has 10 heteroatoms. The molecule has 2 aromatic rings. The Morgan fingerprint density at radius 2 is 1.62 bits per heavy atom. The van der Waals surface area contributed by atoms with Gasteiger partial charge in [0.05, 0.1) is 25.6 Å². The summed E-state index contributed by atoms with van der Waals surface area (Å²) < 4.78 is 65.3. The van der Waals surface area contributed by atoms with E-state index >= 15 is 0 Å². The molecule has 8 nitrogen and oxygen atoms in total. The van der Waals surface area contributed by atoms with Crippen molar-refractivity contribution in [2.24, 2.45) is 0 Å². The minimum Gasteiger partial charge on any atom is -0.490 e. The summed E-state index contributed by atoms with van der Waals surface area (Å²) in [5.74, 6) is -0.639. The predicted molar refractivity (Wildman–Crippen MR) is 148 cm³/mol. The maximum Gasteiger partial charge on any atom is 0.330 e. The largest absolute Gasteiger partial charge is 0.490 e. The van der Waals surface area contributed by atoms with Crippen LogP contribution >= 0.6 is 0 Å². The number of rotatable bonds is 19. The Morgan fingerprint density at radius 1 is 0.872 bits per heavy atom. The Morgan fingerprint density at radius 3 is 2.33 bits per heavy atom. The van der Waals surface area contributed by atoms with Crippen molar-refractivity contribution in [1.82, 2.24) is 0 Å². The Balaban J connectivity index is 2.00. The van der Waals surface area contributed by atoms with Gasteiger partial charge in [-0.1, -0.05) is 38.8 Å². The molecule has 2 rings (SSSR count). The average molecular weight is 567 g/mol. The van der Waals surface area contributed by atoms with Gasteiger partial charge < -0.3 is 23.1 Å². The Labute approximate surface area is 231 Å². The van der Waals surface area contributed by atoms with Crippen LogP contribution in [-0.2, 0) is 30.8 Å². The number of ether oxygens (including phenoxy) is 4. The van der Waals surface area contributed by atoms with Gasteiger partial charge in [-0.2, -0.15) is 8.42 Å². The van der Waals surface area contributed by atoms with Crippen molar-refractivity contribution >= 4 is 22.2 Å². The predicted octanol–water partition coefficient (Wildman–Crippen LogP) is 5.73. The molecular formula is C29H39FO8S. The fourth-order valence-corrected chi connectivity index (χ4v) is 4.42. The first-order chi connectivity index (χ1) is 18.8. The lowest BCUT2D eigenvalue weighted by atomic mass is 10.1. The van der Waals surface area contributed by atoms with Crippen LogP contribution in [0.5, 0.6) is 17.2 Å². The SMILES string of the molecule is CCCCOc1cc(/C=C\C(=O)OCCOCC)ccc1OCCc1ccc(OS(=O)(=O)CCCC)c(F)c1. The summed E-state index contributed by atoms with van der Waals surface area (Å²) in [6.45, 7) is 7.64. The summed E-state index contributed by atoms with van der Waals surface area (Å²) in [5.41, 5.74) is 1.36. The molecule has 0 aliphatic rings. The van der Waals surface area contributed by atoms with E-state index in [2.05, 4.69) is 6.92 Å². The van der Waals surface area contributed by atoms with Crippen LogP contribution < -0.4 is 13.7 Å². The van der Waals surface area contributed by atoms with Gasteiger partial charge in [0, 0.05) is 19.1 Å². The molecule has 0 aromatic heterocycles. The van der Waals surface area contributed by atoms with Crippen molar-refractivity contribution in [2.45, 2.75) is 52.9 Å². The first-order valence-corrected chi connectivity index (χ1v) is 14.9. The first-order valence-electron chi connectivity index (χ1n) is 13.3. The second-order valence-corrected chi connectivity index (χ2v) is 10.4. The molecule has 0 spiro atoms. The molecule has 0 atom stereocenters. The molecule has 2 aromatic carbocycles. The highest BCUT2D eigenvalue weighted by atomic mass is 32.2. The van der Waals surface area contributed by atoms with Crippen LogP contribution in [0.1, 0.15) is 57.6 Å². The first kappa shape index (κ1) is 32.1. The van der Waals surface area contributed by atoms with Gasteiger partial charge in [0.2, 0.25) is 0 Å². The van der Waals surface area contributed by atoms with E-state index in [0.717, 1.165) is 18.4 Å². The molecule has 0 N–H and O–H groups in total. The van der Waals surface area contributed by atoms with Crippen molar-refractivity contribution in [3.05, 3.63) is 59.4 Å². The van der Waals surface area contributed by atoms with Crippen LogP contribution in [0, 0.1) is 5.82 Å². The van der Waals surface area contributed by atoms with Gasteiger partial charge >= 0.3 is 16.1 Å². The fourth-order valence-electron chi connectivity index (χ4n) is 3.29. The maximum absolute atomic E-state index is 14.5. The molecule has 0 unspecified atom stereocenters. The second-order valence-electron chi connectivity index (χ2n) is 8.67. The summed E-state index contributed by atoms with van der Waals surface area (Å²) in [4.78, 5) is 11.9. The van der Waals surface area contributed by atoms with E-state index < -0.39 is 21.9 Å². The Hall–Kier alpha value is -3.11. The van der Waals surface area contributed by atoms with E-state index in [4.69, 9.17) is 23.1 Å². The molecule has 0 radical (unpaired) electrons. The molecule has 216 valence electrons. The van der Waals surface area contributed by atoms with Crippen LogP contribution in [-0.4, -0.2) is 53.2 Å². The zero-order valence-corrected chi connectivity index (χ0v) is 23.8. The third-order valence-corrected chi connectivity index (χ3v) is 6.64. The number of carbonyl (C=O) groups is 1. The summed E-state index contributed by atoms with van der Waals surface area (Å²) >= 11 is 0. The van der Waals surface area contributed by atoms with Gasteiger partial charge in [0.15, 0.2) is 23.1 Å². The highest BCUT2D eigenvalue weighted by molar-refractivity contribution is 7.87. The quantitative estimate of drug-likeness (QED) is 0.0921. The van der Waals surface area contributed by atoms with E-state index in [1.54, 1.807) is 30.3 Å². The van der Waals surface area contributed by atoms with E-state index in [-0.39, 0.29) is 24.7 Å². The monoisotopic (exact) mass is 566 g/mol. The van der Waals surface area contributed by atoms with Crippen molar-refractivity contribution in [1.29, 1.82) is 0 Å². The second kappa shape index (κ2) is 17.5. The van der Waals surface area contributed by atoms with Gasteiger partial charge in [0.25, 0.3) is 0 Å². The third kappa shape index (κ3) is 12.5. The van der Waals surface area contributed by atoms with Gasteiger partial charge in [-0.3, -0.25) is 0 Å². The smallest absolute Gasteiger partial charge is 0.330 e. The molecular weight excluding hydrogens is 527 g/mol. The van der Waals surface area contributed by atoms with Crippen molar-refractivity contribution in [3.8, 4) is 17.2 Å². The van der Waals surface area contributed by atoms with Gasteiger partial charge in [-0.15, -0.1) is 0 Å². The minimum absolute atomic E-state index is 0.158. The summed E-state index contributed by atoms with van der Waals surface area (Å²) in [5, 5.41) is 0. The number of halogens is 1. The molecule has 0 aliphatic carbocycles. The summed E-state index contributed by atoms with van der Waals surface area (Å²) in [6, 6.07) is 9.48. The van der Waals surface area contributed by atoms with Gasteiger partial charge in [-0.05, 0) is 61.2 Å². The number of esters is 1. The molecule has 0 fully saturated rings. The fraction of sp³-hybridized carbons (Fsp3) is 0.483. The van der Waals surface area contributed by atoms with Gasteiger partial charge in [0.1, 0.15) is 6.61 Å². The Kier molecular flexibility index (Phi) is 14.4. The number of hydrogen-bond donors (Lipinski definition) is 0. The number of unbranched alkanes of at least 4 members (excludes halogenated alkanes) is 2. The molecule has 0 heterocycles. The van der Waals surface area contributed by atoms with Gasteiger partial charge in [-0.25, -0.2) is 9.18 Å². The third-order valence-electron chi connectivity index (χ3n) is 5.42. The molecule has 0 aliphatic heterocycles. The number of benzene rings is 2. The number of carbonyl (C=O) groups excluding carboxylic acids is 1. The number of hydrogen-bond acceptors (Lipinski definition) is 8. The molecule has 0 saturated carbocycles. The van der Waals surface area contributed by atoms with Crippen LogP contribution in [0.2, 0.25) is 0 Å². The van der Waals surface area contributed by atoms with Crippen molar-refractivity contribution in [2.75, 3.05) is 38.8 Å². The highest BCUT2D eigenvalue weighted by Gasteiger charge is 2.16. The topological polar surface area (TPSA) is 97.4 Å². The molecule has 0 bridgehead atoms. The van der Waals surface area contributed by atoms with E-state index in [1.807, 2.05) is 13.8 Å². The van der Waals surface area contributed by atoms with Crippen LogP contribution in [0.4, 0.5) is 4.39 Å². The van der Waals surface area contributed by atoms with Crippen molar-refractivity contribution < 1.29 is 40.7 Å². The standard InChI is InChI=1S/C29H39FO8S/c1-4-7-16-35-28-22-23(11-14-29(31)37-19-18-34-6-3)10-13-27(28)36-17-15-24-9-12-26(25(30)21-24)38-39(32,33)20-8-5-2/h9-14,21-22H,4-8,15-20H2,1-3H3/b14-11-. The van der Waals surface area contributed by atoms with E-state index in [0.29, 0.717) is 56.1 Å². The van der Waals surface area contributed by atoms with Crippen LogP contribution in [0.15, 0.2) is 42.5 Å². The van der Waals surface area contributed by atoms with E-state index in [1.165, 1.54) is 18.2 Å². The van der Waals surface area contributed by atoms with E-state index in [9.17, 15) is 17.6 Å². The molecule has 39 heavy (non-hydrogen) atoms. The maximum atomic E-state index is 14.5. The lowest BCUT2D eigenvalue weighted by molar-refractivity contribution is -0.139. The zero-order chi connectivity index (χ0) is 28.5.